The molecule has 0 unspecified atom stereocenters. The van der Waals surface area contributed by atoms with E-state index >= 15 is 0 Å². The molecule has 0 atom stereocenters. The summed E-state index contributed by atoms with van der Waals surface area (Å²) in [5, 5.41) is 6.38. The van der Waals surface area contributed by atoms with Crippen molar-refractivity contribution in [3.05, 3.63) is 95.5 Å². The van der Waals surface area contributed by atoms with Gasteiger partial charge in [-0.05, 0) is 30.3 Å². The van der Waals surface area contributed by atoms with Crippen LogP contribution in [-0.4, -0.2) is 38.5 Å². The fourth-order valence-electron chi connectivity index (χ4n) is 3.30. The molecule has 2 heterocycles. The summed E-state index contributed by atoms with van der Waals surface area (Å²) in [6, 6.07) is 15.7. The van der Waals surface area contributed by atoms with E-state index in [9.17, 15) is 14.0 Å². The third-order valence-electron chi connectivity index (χ3n) is 4.96. The number of rotatable bonds is 7. The molecule has 2 aromatic carbocycles. The van der Waals surface area contributed by atoms with Crippen molar-refractivity contribution in [2.24, 2.45) is 0 Å². The number of amides is 2. The second kappa shape index (κ2) is 10.2. The van der Waals surface area contributed by atoms with Gasteiger partial charge in [0, 0.05) is 43.7 Å². The van der Waals surface area contributed by atoms with E-state index < -0.39 is 5.82 Å². The predicted molar refractivity (Wildman–Crippen MR) is 130 cm³/mol. The van der Waals surface area contributed by atoms with Gasteiger partial charge in [-0.2, -0.15) is 5.10 Å². The molecule has 2 aromatic heterocycles. The summed E-state index contributed by atoms with van der Waals surface area (Å²) in [4.78, 5) is 31.9. The van der Waals surface area contributed by atoms with Crippen LogP contribution in [0.5, 0.6) is 0 Å². The lowest BCUT2D eigenvalue weighted by Crippen LogP contribution is -2.24. The molecule has 0 N–H and O–H groups in total. The number of para-hydroxylation sites is 2. The highest BCUT2D eigenvalue weighted by atomic mass is 32.1. The normalized spacial score (nSPS) is 11.0. The highest BCUT2D eigenvalue weighted by Gasteiger charge is 2.20. The minimum absolute atomic E-state index is 0.131. The van der Waals surface area contributed by atoms with Gasteiger partial charge in [0.2, 0.25) is 11.8 Å². The molecule has 0 aliphatic carbocycles. The number of aromatic nitrogens is 3. The van der Waals surface area contributed by atoms with Gasteiger partial charge in [-0.1, -0.05) is 30.3 Å². The number of carbonyl (C=O) groups is 2. The molecule has 172 valence electrons. The minimum atomic E-state index is -0.516. The lowest BCUT2D eigenvalue weighted by molar-refractivity contribution is -0.125. The topological polar surface area (TPSA) is 71.3 Å². The van der Waals surface area contributed by atoms with Crippen LogP contribution in [-0.2, 0) is 16.1 Å². The molecular weight excluding hydrogens is 453 g/mol. The van der Waals surface area contributed by atoms with Gasteiger partial charge in [0.25, 0.3) is 0 Å². The van der Waals surface area contributed by atoms with E-state index in [1.54, 1.807) is 46.4 Å². The van der Waals surface area contributed by atoms with E-state index in [1.165, 1.54) is 41.4 Å². The fraction of sp³-hybridized carbons (Fsp3) is 0.120. The van der Waals surface area contributed by atoms with Gasteiger partial charge >= 0.3 is 0 Å². The number of thiazole rings is 1. The van der Waals surface area contributed by atoms with Gasteiger partial charge < -0.3 is 4.90 Å². The van der Waals surface area contributed by atoms with E-state index in [-0.39, 0.29) is 17.5 Å². The van der Waals surface area contributed by atoms with Crippen molar-refractivity contribution < 1.29 is 14.0 Å². The number of benzene rings is 2. The molecule has 0 saturated carbocycles. The molecule has 7 nitrogen and oxygen atoms in total. The summed E-state index contributed by atoms with van der Waals surface area (Å²) in [7, 11) is 1.70. The van der Waals surface area contributed by atoms with Gasteiger partial charge in [-0.3, -0.25) is 14.5 Å². The first-order valence-electron chi connectivity index (χ1n) is 10.5. The number of halogens is 1. The molecule has 4 rings (SSSR count). The minimum Gasteiger partial charge on any atom is -0.338 e. The zero-order valence-corrected chi connectivity index (χ0v) is 19.4. The Morgan fingerprint density at radius 2 is 1.85 bits per heavy atom. The number of hydrogen-bond acceptors (Lipinski definition) is 5. The smallest absolute Gasteiger partial charge is 0.246 e. The molecule has 0 radical (unpaired) electrons. The standard InChI is InChI=1S/C25H22FN5O2S/c1-18(32)31(23-11-7-6-10-22(23)26)25-28-20(17-34-25)12-13-24(33)29(2)15-19-14-27-30(16-19)21-8-4-3-5-9-21/h3-14,16-17H,15H2,1-2H3. The third-order valence-corrected chi connectivity index (χ3v) is 5.80. The Balaban J connectivity index is 1.42. The van der Waals surface area contributed by atoms with Crippen molar-refractivity contribution >= 4 is 40.0 Å². The van der Waals surface area contributed by atoms with E-state index in [0.29, 0.717) is 17.4 Å². The van der Waals surface area contributed by atoms with E-state index in [4.69, 9.17) is 0 Å². The molecule has 2 amide bonds. The largest absolute Gasteiger partial charge is 0.338 e. The van der Waals surface area contributed by atoms with Crippen LogP contribution in [0, 0.1) is 5.82 Å². The van der Waals surface area contributed by atoms with Gasteiger partial charge in [-0.25, -0.2) is 14.1 Å². The van der Waals surface area contributed by atoms with Crippen molar-refractivity contribution in [2.75, 3.05) is 11.9 Å². The van der Waals surface area contributed by atoms with E-state index in [1.807, 2.05) is 36.5 Å². The summed E-state index contributed by atoms with van der Waals surface area (Å²) < 4.78 is 16.0. The number of carbonyl (C=O) groups excluding carboxylic acids is 2. The zero-order valence-electron chi connectivity index (χ0n) is 18.6. The quantitative estimate of drug-likeness (QED) is 0.359. The lowest BCUT2D eigenvalue weighted by Gasteiger charge is -2.18. The highest BCUT2D eigenvalue weighted by molar-refractivity contribution is 7.14. The SMILES string of the molecule is CC(=O)N(c1nc(C=CC(=O)N(C)Cc2cnn(-c3ccccc3)c2)cs1)c1ccccc1F. The molecule has 4 aromatic rings. The maximum atomic E-state index is 14.2. The Morgan fingerprint density at radius 1 is 1.12 bits per heavy atom. The van der Waals surface area contributed by atoms with Crippen LogP contribution < -0.4 is 4.90 Å². The Hall–Kier alpha value is -4.11. The van der Waals surface area contributed by atoms with Crippen molar-refractivity contribution in [2.45, 2.75) is 13.5 Å². The first-order valence-corrected chi connectivity index (χ1v) is 11.3. The van der Waals surface area contributed by atoms with Crippen LogP contribution in [0.15, 0.2) is 78.4 Å². The summed E-state index contributed by atoms with van der Waals surface area (Å²) in [6.45, 7) is 1.74. The molecular formula is C25H22FN5O2S. The third kappa shape index (κ3) is 5.26. The molecule has 0 bridgehead atoms. The van der Waals surface area contributed by atoms with Gasteiger partial charge in [-0.15, -0.1) is 11.3 Å². The van der Waals surface area contributed by atoms with Crippen molar-refractivity contribution in [1.29, 1.82) is 0 Å². The van der Waals surface area contributed by atoms with Crippen LogP contribution in [0.4, 0.5) is 15.2 Å². The van der Waals surface area contributed by atoms with Crippen molar-refractivity contribution in [1.82, 2.24) is 19.7 Å². The predicted octanol–water partition coefficient (Wildman–Crippen LogP) is 4.82. The van der Waals surface area contributed by atoms with Crippen LogP contribution >= 0.6 is 11.3 Å². The highest BCUT2D eigenvalue weighted by Crippen LogP contribution is 2.31. The number of likely N-dealkylation sites (N-methyl/N-ethyl adjacent to an activating group) is 1. The lowest BCUT2D eigenvalue weighted by atomic mass is 10.3. The Morgan fingerprint density at radius 3 is 2.59 bits per heavy atom. The molecule has 9 heteroatoms. The number of nitrogens with zero attached hydrogens (tertiary/aromatic N) is 5. The van der Waals surface area contributed by atoms with E-state index in [2.05, 4.69) is 10.1 Å². The first kappa shape index (κ1) is 23.1. The maximum Gasteiger partial charge on any atom is 0.246 e. The molecule has 0 saturated heterocycles. The maximum absolute atomic E-state index is 14.2. The zero-order chi connectivity index (χ0) is 24.1. The first-order chi connectivity index (χ1) is 16.4. The molecule has 0 spiro atoms. The van der Waals surface area contributed by atoms with Gasteiger partial charge in [0.1, 0.15) is 5.82 Å². The van der Waals surface area contributed by atoms with Crippen LogP contribution in [0.3, 0.4) is 0 Å². The monoisotopic (exact) mass is 475 g/mol. The molecule has 0 fully saturated rings. The molecule has 34 heavy (non-hydrogen) atoms. The van der Waals surface area contributed by atoms with Gasteiger partial charge in [0.15, 0.2) is 5.13 Å². The summed E-state index contributed by atoms with van der Waals surface area (Å²) in [6.07, 6.45) is 6.61. The fourth-order valence-corrected chi connectivity index (χ4v) is 4.14. The van der Waals surface area contributed by atoms with Crippen LogP contribution in [0.25, 0.3) is 11.8 Å². The number of anilines is 2. The van der Waals surface area contributed by atoms with E-state index in [0.717, 1.165) is 11.3 Å². The summed E-state index contributed by atoms with van der Waals surface area (Å²) in [5.74, 6) is -1.08. The Labute approximate surface area is 200 Å². The van der Waals surface area contributed by atoms with Crippen LogP contribution in [0.2, 0.25) is 0 Å². The van der Waals surface area contributed by atoms with Crippen molar-refractivity contribution in [3.63, 3.8) is 0 Å². The average molecular weight is 476 g/mol. The molecule has 0 aliphatic heterocycles. The molecule has 0 aliphatic rings. The summed E-state index contributed by atoms with van der Waals surface area (Å²) >= 11 is 1.19. The second-order valence-corrected chi connectivity index (χ2v) is 8.35. The second-order valence-electron chi connectivity index (χ2n) is 7.52. The Kier molecular flexibility index (Phi) is 6.93. The summed E-state index contributed by atoms with van der Waals surface area (Å²) in [5.41, 5.74) is 2.47. The number of hydrogen-bond donors (Lipinski definition) is 0. The van der Waals surface area contributed by atoms with Crippen molar-refractivity contribution in [3.8, 4) is 5.69 Å². The van der Waals surface area contributed by atoms with Gasteiger partial charge in [0.05, 0.1) is 23.3 Å². The van der Waals surface area contributed by atoms with Crippen LogP contribution in [0.1, 0.15) is 18.2 Å². The Bertz CT molecular complexity index is 1330. The average Bonchev–Trinajstić information content (AvgIpc) is 3.49.